The van der Waals surface area contributed by atoms with Crippen molar-refractivity contribution < 1.29 is 18.7 Å². The molecule has 2 aliphatic rings. The smallest absolute Gasteiger partial charge is 0.282 e. The average molecular weight is 279 g/mol. The second-order valence-corrected chi connectivity index (χ2v) is 4.96. The van der Waals surface area contributed by atoms with Crippen LogP contribution in [0, 0.1) is 11.7 Å². The van der Waals surface area contributed by atoms with Gasteiger partial charge in [-0.05, 0) is 18.2 Å². The van der Waals surface area contributed by atoms with E-state index in [4.69, 9.17) is 20.9 Å². The maximum absolute atomic E-state index is 14.2. The number of fused-ring (bicyclic) bond motifs is 1. The Balaban J connectivity index is 2.17. The monoisotopic (exact) mass is 279 g/mol. The summed E-state index contributed by atoms with van der Waals surface area (Å²) in [5.74, 6) is -1.24. The first kappa shape index (κ1) is 12.9. The van der Waals surface area contributed by atoms with E-state index in [-0.39, 0.29) is 29.7 Å². The van der Waals surface area contributed by atoms with E-state index in [1.165, 1.54) is 18.2 Å². The van der Waals surface area contributed by atoms with Gasteiger partial charge < -0.3 is 20.9 Å². The van der Waals surface area contributed by atoms with E-state index in [9.17, 15) is 9.18 Å². The van der Waals surface area contributed by atoms with Crippen molar-refractivity contribution in [3.05, 3.63) is 35.1 Å². The van der Waals surface area contributed by atoms with Crippen molar-refractivity contribution in [2.75, 3.05) is 19.8 Å². The number of hydrogen-bond donors (Lipinski definition) is 2. The number of halogens is 1. The third kappa shape index (κ3) is 1.82. The van der Waals surface area contributed by atoms with Gasteiger partial charge in [0.25, 0.3) is 6.02 Å². The van der Waals surface area contributed by atoms with Gasteiger partial charge in [0.1, 0.15) is 11.4 Å². The van der Waals surface area contributed by atoms with Crippen LogP contribution in [0.15, 0.2) is 23.2 Å². The Morgan fingerprint density at radius 1 is 1.45 bits per heavy atom. The van der Waals surface area contributed by atoms with E-state index in [0.717, 1.165) is 0 Å². The van der Waals surface area contributed by atoms with Gasteiger partial charge in [-0.15, -0.1) is 0 Å². The third-order valence-corrected chi connectivity index (χ3v) is 3.78. The summed E-state index contributed by atoms with van der Waals surface area (Å²) in [5.41, 5.74) is 10.4. The molecule has 1 amide bonds. The number of carbonyl (C=O) groups is 1. The zero-order chi connectivity index (χ0) is 14.3. The number of amidine groups is 1. The maximum Gasteiger partial charge on any atom is 0.282 e. The molecule has 0 radical (unpaired) electrons. The number of benzene rings is 1. The van der Waals surface area contributed by atoms with Gasteiger partial charge >= 0.3 is 0 Å². The molecule has 0 spiro atoms. The summed E-state index contributed by atoms with van der Waals surface area (Å²) in [6, 6.07) is 3.97. The van der Waals surface area contributed by atoms with E-state index >= 15 is 0 Å². The van der Waals surface area contributed by atoms with Gasteiger partial charge in [0, 0.05) is 17.0 Å². The van der Waals surface area contributed by atoms with Crippen LogP contribution in [0.3, 0.4) is 0 Å². The third-order valence-electron chi connectivity index (χ3n) is 3.78. The van der Waals surface area contributed by atoms with E-state index < -0.39 is 17.3 Å². The quantitative estimate of drug-likeness (QED) is 0.802. The molecular weight excluding hydrogens is 265 g/mol. The Bertz CT molecular complexity index is 605. The van der Waals surface area contributed by atoms with Crippen LogP contribution in [-0.2, 0) is 15.0 Å². The number of primary amides is 1. The van der Waals surface area contributed by atoms with Gasteiger partial charge in [0.15, 0.2) is 0 Å². The molecule has 1 aromatic rings. The molecule has 0 aromatic heterocycles. The fourth-order valence-electron chi connectivity index (χ4n) is 2.71. The highest BCUT2D eigenvalue weighted by atomic mass is 19.1. The minimum Gasteiger partial charge on any atom is -0.465 e. The number of nitrogens with zero attached hydrogens (tertiary/aromatic N) is 1. The largest absolute Gasteiger partial charge is 0.465 e. The first-order valence-corrected chi connectivity index (χ1v) is 6.18. The summed E-state index contributed by atoms with van der Waals surface area (Å²) in [7, 11) is 0. The summed E-state index contributed by atoms with van der Waals surface area (Å²) < 4.78 is 24.8. The van der Waals surface area contributed by atoms with Gasteiger partial charge in [-0.1, -0.05) is 0 Å². The molecule has 0 saturated carbocycles. The zero-order valence-electron chi connectivity index (χ0n) is 10.6. The van der Waals surface area contributed by atoms with Crippen molar-refractivity contribution >= 4 is 11.9 Å². The molecule has 20 heavy (non-hydrogen) atoms. The van der Waals surface area contributed by atoms with Crippen molar-refractivity contribution in [1.82, 2.24) is 0 Å². The van der Waals surface area contributed by atoms with Gasteiger partial charge in [-0.3, -0.25) is 4.79 Å². The van der Waals surface area contributed by atoms with E-state index in [2.05, 4.69) is 4.99 Å². The molecule has 7 heteroatoms. The molecule has 106 valence electrons. The highest BCUT2D eigenvalue weighted by Gasteiger charge is 2.50. The molecular formula is C13H14FN3O3. The van der Waals surface area contributed by atoms with Crippen LogP contribution in [0.5, 0.6) is 0 Å². The lowest BCUT2D eigenvalue weighted by Gasteiger charge is -2.34. The van der Waals surface area contributed by atoms with Crippen LogP contribution in [0.1, 0.15) is 15.9 Å². The fourth-order valence-corrected chi connectivity index (χ4v) is 2.71. The minimum absolute atomic E-state index is 0.00405. The first-order chi connectivity index (χ1) is 9.53. The van der Waals surface area contributed by atoms with Crippen LogP contribution in [0.2, 0.25) is 0 Å². The highest BCUT2D eigenvalue weighted by molar-refractivity contribution is 5.93. The SMILES string of the molecule is NC(=O)c1ccc(F)c([C@]23COC[C@H]2COC(N)=N3)c1. The van der Waals surface area contributed by atoms with E-state index in [1.807, 2.05) is 0 Å². The van der Waals surface area contributed by atoms with Crippen LogP contribution in [0.25, 0.3) is 0 Å². The fraction of sp³-hybridized carbons (Fsp3) is 0.385. The van der Waals surface area contributed by atoms with Gasteiger partial charge in [0.2, 0.25) is 5.91 Å². The summed E-state index contributed by atoms with van der Waals surface area (Å²) >= 11 is 0. The summed E-state index contributed by atoms with van der Waals surface area (Å²) in [4.78, 5) is 15.5. The normalized spacial score (nSPS) is 28.4. The molecule has 2 atom stereocenters. The molecule has 0 unspecified atom stereocenters. The number of carbonyl (C=O) groups excluding carboxylic acids is 1. The zero-order valence-corrected chi connectivity index (χ0v) is 10.6. The molecule has 4 N–H and O–H groups in total. The second-order valence-electron chi connectivity index (χ2n) is 4.96. The maximum atomic E-state index is 14.2. The number of rotatable bonds is 2. The topological polar surface area (TPSA) is 99.9 Å². The standard InChI is InChI=1S/C13H14FN3O3/c14-10-2-1-7(11(15)18)3-9(10)13-6-19-4-8(13)5-20-12(16)17-13/h1-3,8H,4-6H2,(H2,15,18)(H2,16,17)/t8-,13-/m0/s1. The molecule has 1 saturated heterocycles. The molecule has 1 aromatic carbocycles. The Hall–Kier alpha value is -2.15. The summed E-state index contributed by atoms with van der Waals surface area (Å²) in [6.45, 7) is 0.896. The number of hydrogen-bond acceptors (Lipinski definition) is 5. The summed E-state index contributed by atoms with van der Waals surface area (Å²) in [6.07, 6.45) is 0. The van der Waals surface area contributed by atoms with Crippen molar-refractivity contribution in [2.45, 2.75) is 5.54 Å². The molecule has 1 fully saturated rings. The van der Waals surface area contributed by atoms with Crippen LogP contribution in [0.4, 0.5) is 4.39 Å². The van der Waals surface area contributed by atoms with Crippen molar-refractivity contribution in [1.29, 1.82) is 0 Å². The highest BCUT2D eigenvalue weighted by Crippen LogP contribution is 2.42. The predicted octanol–water partition coefficient (Wildman–Crippen LogP) is 0.111. The molecule has 2 heterocycles. The summed E-state index contributed by atoms with van der Waals surface area (Å²) in [5, 5.41) is 0. The lowest BCUT2D eigenvalue weighted by Crippen LogP contribution is -2.43. The van der Waals surface area contributed by atoms with Crippen LogP contribution >= 0.6 is 0 Å². The molecule has 2 aliphatic heterocycles. The number of nitrogens with two attached hydrogens (primary N) is 2. The lowest BCUT2D eigenvalue weighted by atomic mass is 9.80. The molecule has 0 bridgehead atoms. The number of ether oxygens (including phenoxy) is 2. The second kappa shape index (κ2) is 4.45. The average Bonchev–Trinajstić information content (AvgIpc) is 2.82. The van der Waals surface area contributed by atoms with Crippen molar-refractivity contribution in [3.8, 4) is 0 Å². The van der Waals surface area contributed by atoms with Gasteiger partial charge in [0.05, 0.1) is 19.8 Å². The Labute approximate surface area is 114 Å². The Morgan fingerprint density at radius 3 is 3.00 bits per heavy atom. The number of amides is 1. The predicted molar refractivity (Wildman–Crippen MR) is 68.5 cm³/mol. The van der Waals surface area contributed by atoms with Crippen LogP contribution < -0.4 is 11.5 Å². The number of aliphatic imine (C=N–C) groups is 1. The Kier molecular flexibility index (Phi) is 2.86. The van der Waals surface area contributed by atoms with Gasteiger partial charge in [-0.25, -0.2) is 9.38 Å². The van der Waals surface area contributed by atoms with Crippen molar-refractivity contribution in [2.24, 2.45) is 22.4 Å². The van der Waals surface area contributed by atoms with Gasteiger partial charge in [-0.2, -0.15) is 0 Å². The van der Waals surface area contributed by atoms with E-state index in [1.54, 1.807) is 0 Å². The molecule has 6 nitrogen and oxygen atoms in total. The van der Waals surface area contributed by atoms with Crippen molar-refractivity contribution in [3.63, 3.8) is 0 Å². The van der Waals surface area contributed by atoms with Crippen LogP contribution in [-0.4, -0.2) is 31.7 Å². The first-order valence-electron chi connectivity index (χ1n) is 6.18. The lowest BCUT2D eigenvalue weighted by molar-refractivity contribution is 0.1000. The minimum atomic E-state index is -0.947. The molecule has 3 rings (SSSR count). The van der Waals surface area contributed by atoms with E-state index in [0.29, 0.717) is 13.2 Å². The Morgan fingerprint density at radius 2 is 2.25 bits per heavy atom. The molecule has 0 aliphatic carbocycles.